The first-order valence-electron chi connectivity index (χ1n) is 8.12. The molecule has 0 spiro atoms. The smallest absolute Gasteiger partial charge is 0.147 e. The number of rotatable bonds is 4. The van der Waals surface area contributed by atoms with E-state index >= 15 is 0 Å². The zero-order chi connectivity index (χ0) is 15.2. The molecule has 0 saturated heterocycles. The van der Waals surface area contributed by atoms with Crippen LogP contribution in [-0.4, -0.2) is 6.88 Å². The number of allylic oxidation sites excluding steroid dienone is 8. The Hall–Kier alpha value is 0.640. The quantitative estimate of drug-likeness (QED) is 0.479. The average molecular weight is 439 g/mol. The van der Waals surface area contributed by atoms with Gasteiger partial charge in [0.05, 0.1) is 0 Å². The molecule has 0 aromatic carbocycles. The van der Waals surface area contributed by atoms with Crippen molar-refractivity contribution >= 4 is 31.7 Å². The average Bonchev–Trinajstić information content (AvgIpc) is 2.93. The summed E-state index contributed by atoms with van der Waals surface area (Å²) in [7, 11) is 0. The van der Waals surface area contributed by atoms with Gasteiger partial charge in [-0.25, -0.2) is 0 Å². The molecule has 22 heavy (non-hydrogen) atoms. The van der Waals surface area contributed by atoms with Crippen molar-refractivity contribution in [3.63, 3.8) is 0 Å². The molecule has 2 aliphatic carbocycles. The van der Waals surface area contributed by atoms with Crippen molar-refractivity contribution in [1.82, 2.24) is 0 Å². The minimum Gasteiger partial charge on any atom is -0.147 e. The molecule has 2 unspecified atom stereocenters. The van der Waals surface area contributed by atoms with E-state index < -0.39 is 17.4 Å². The summed E-state index contributed by atoms with van der Waals surface area (Å²) < 4.78 is 6.54. The third-order valence-corrected chi connectivity index (χ3v) is 36.1. The Labute approximate surface area is 151 Å². The monoisotopic (exact) mass is 436 g/mol. The molecule has 0 saturated carbocycles. The van der Waals surface area contributed by atoms with Crippen molar-refractivity contribution in [3.05, 3.63) is 42.0 Å². The summed E-state index contributed by atoms with van der Waals surface area (Å²) in [5.41, 5.74) is 3.17. The fraction of sp³-hybridized carbons (Fsp3) is 0.556. The summed E-state index contributed by atoms with van der Waals surface area (Å²) in [6.07, 6.45) is 9.63. The van der Waals surface area contributed by atoms with Gasteiger partial charge in [-0.05, 0) is 0 Å². The van der Waals surface area contributed by atoms with E-state index in [1.54, 1.807) is 11.1 Å². The summed E-state index contributed by atoms with van der Waals surface area (Å²) in [6, 6.07) is 0. The predicted octanol–water partition coefficient (Wildman–Crippen LogP) is 5.90. The van der Waals surface area contributed by atoms with Crippen LogP contribution in [0.4, 0.5) is 0 Å². The molecule has 2 aliphatic rings. The third kappa shape index (κ3) is 3.10. The van der Waals surface area contributed by atoms with Crippen molar-refractivity contribution in [3.8, 4) is 0 Å². The number of hydrogen-bond acceptors (Lipinski definition) is 0. The van der Waals surface area contributed by atoms with Gasteiger partial charge >= 0.3 is 128 Å². The van der Waals surface area contributed by atoms with Crippen molar-refractivity contribution in [1.29, 1.82) is 0 Å². The zero-order valence-corrected chi connectivity index (χ0v) is 20.4. The van der Waals surface area contributed by atoms with Crippen LogP contribution in [0.15, 0.2) is 42.0 Å². The van der Waals surface area contributed by atoms with E-state index in [1.807, 2.05) is 6.56 Å². The van der Waals surface area contributed by atoms with Gasteiger partial charge in [-0.15, -0.1) is 24.8 Å². The molecule has 2 atom stereocenters. The Morgan fingerprint density at radius 2 is 1.18 bits per heavy atom. The minimum absolute atomic E-state index is 0. The molecule has 0 fully saturated rings. The molecule has 0 aliphatic heterocycles. The van der Waals surface area contributed by atoms with Crippen LogP contribution in [0, 0.1) is 11.8 Å². The predicted molar refractivity (Wildman–Crippen MR) is 106 cm³/mol. The van der Waals surface area contributed by atoms with E-state index in [1.165, 1.54) is 8.26 Å². The summed E-state index contributed by atoms with van der Waals surface area (Å²) in [6.45, 7) is 16.9. The third-order valence-electron chi connectivity index (χ3n) is 6.15. The van der Waals surface area contributed by atoms with Crippen molar-refractivity contribution < 1.29 is 17.4 Å². The van der Waals surface area contributed by atoms with E-state index in [-0.39, 0.29) is 24.8 Å². The summed E-state index contributed by atoms with van der Waals surface area (Å²) in [5.74, 6) is 1.32. The standard InChI is InChI=1S/2C7H9.2C2H5.2ClH.H2Si.Zr/c2*1-6-3-4-7(2)5-6;2*1-2;;;;/h2*3-4,6H,1-2H3;2*1H2,2H3;2*1H;1H2;. The molecule has 0 nitrogen and oxygen atoms in total. The maximum absolute atomic E-state index is 3.05. The fourth-order valence-electron chi connectivity index (χ4n) is 5.05. The van der Waals surface area contributed by atoms with E-state index in [0.29, 0.717) is 11.8 Å². The van der Waals surface area contributed by atoms with Crippen LogP contribution < -0.4 is 0 Å². The Morgan fingerprint density at radius 1 is 0.864 bits per heavy atom. The molecular formula is C18H32Cl2SiZr. The van der Waals surface area contributed by atoms with E-state index in [4.69, 9.17) is 0 Å². The maximum Gasteiger partial charge on any atom is -0.147 e. The van der Waals surface area contributed by atoms with Crippen LogP contribution in [0.3, 0.4) is 0 Å². The number of hydrogen-bond donors (Lipinski definition) is 0. The zero-order valence-electron chi connectivity index (χ0n) is 14.9. The van der Waals surface area contributed by atoms with Crippen LogP contribution in [0.25, 0.3) is 0 Å². The summed E-state index contributed by atoms with van der Waals surface area (Å²) in [5, 5.41) is 0. The Balaban J connectivity index is 0.00000220. The van der Waals surface area contributed by atoms with Crippen LogP contribution >= 0.6 is 24.8 Å². The van der Waals surface area contributed by atoms with Crippen molar-refractivity contribution in [2.45, 2.75) is 49.8 Å². The Bertz CT molecular complexity index is 569. The van der Waals surface area contributed by atoms with Gasteiger partial charge in [0.15, 0.2) is 0 Å². The van der Waals surface area contributed by atoms with Gasteiger partial charge in [0.1, 0.15) is 0 Å². The molecule has 0 heterocycles. The second-order valence-corrected chi connectivity index (χ2v) is 32.9. The molecule has 2 rings (SSSR count). The molecule has 0 bridgehead atoms. The van der Waals surface area contributed by atoms with Crippen LogP contribution in [0.1, 0.15) is 41.5 Å². The molecule has 0 amide bonds. The van der Waals surface area contributed by atoms with E-state index in [2.05, 4.69) is 72.7 Å². The topological polar surface area (TPSA) is 0 Å². The van der Waals surface area contributed by atoms with Gasteiger partial charge < -0.3 is 0 Å². The van der Waals surface area contributed by atoms with E-state index in [9.17, 15) is 0 Å². The molecule has 4 heteroatoms. The van der Waals surface area contributed by atoms with Crippen LogP contribution in [-0.2, 0) is 17.4 Å². The Kier molecular flexibility index (Phi) is 7.91. The first-order chi connectivity index (χ1) is 9.29. The van der Waals surface area contributed by atoms with Gasteiger partial charge in [-0.3, -0.25) is 0 Å². The van der Waals surface area contributed by atoms with Gasteiger partial charge in [0.2, 0.25) is 0 Å². The fourth-order valence-corrected chi connectivity index (χ4v) is 29.7. The first-order valence-corrected chi connectivity index (χ1v) is 20.0. The molecule has 126 valence electrons. The molecule has 0 radical (unpaired) electrons. The molecule has 0 aromatic rings. The SMILES string of the molecule is C[CH2][Zr](=[SiH2])([CH2]C)([C]1=C(C)C=CC1C)[C]1=C(C)C=CC1C.Cl.Cl. The van der Waals surface area contributed by atoms with E-state index in [0.717, 1.165) is 0 Å². The molecule has 0 N–H and O–H groups in total. The molecular weight excluding hydrogens is 406 g/mol. The Morgan fingerprint density at radius 3 is 1.36 bits per heavy atom. The number of halogens is 2. The first kappa shape index (κ1) is 22.6. The van der Waals surface area contributed by atoms with Crippen molar-refractivity contribution in [2.24, 2.45) is 11.8 Å². The van der Waals surface area contributed by atoms with Gasteiger partial charge in [-0.1, -0.05) is 0 Å². The van der Waals surface area contributed by atoms with Gasteiger partial charge in [0.25, 0.3) is 0 Å². The van der Waals surface area contributed by atoms with Crippen molar-refractivity contribution in [2.75, 3.05) is 0 Å². The normalized spacial score (nSPS) is 24.7. The second kappa shape index (κ2) is 7.68. The van der Waals surface area contributed by atoms with Gasteiger partial charge in [0, 0.05) is 0 Å². The second-order valence-electron chi connectivity index (χ2n) is 7.13. The maximum atomic E-state index is 2.47. The van der Waals surface area contributed by atoms with Crippen LogP contribution in [0.2, 0.25) is 8.26 Å². The largest absolute Gasteiger partial charge is 0.147 e. The summed E-state index contributed by atoms with van der Waals surface area (Å²) in [4.78, 5) is 0. The van der Waals surface area contributed by atoms with Gasteiger partial charge in [-0.2, -0.15) is 0 Å². The minimum atomic E-state index is -3.05. The molecule has 0 aromatic heterocycles. The van der Waals surface area contributed by atoms with Crippen LogP contribution in [0.5, 0.6) is 0 Å². The summed E-state index contributed by atoms with van der Waals surface area (Å²) >= 11 is -3.05.